The second kappa shape index (κ2) is 9.18. The minimum absolute atomic E-state index is 0.0238. The van der Waals surface area contributed by atoms with Crippen molar-refractivity contribution in [2.75, 3.05) is 4.90 Å². The fourth-order valence-electron chi connectivity index (χ4n) is 6.27. The zero-order chi connectivity index (χ0) is 29.5. The third kappa shape index (κ3) is 3.53. The lowest BCUT2D eigenvalue weighted by atomic mass is 9.79. The van der Waals surface area contributed by atoms with Crippen molar-refractivity contribution in [1.29, 1.82) is 0 Å². The molecule has 2 aliphatic carbocycles. The first-order valence-corrected chi connectivity index (χ1v) is 13.2. The Morgan fingerprint density at radius 3 is 2.46 bits per heavy atom. The van der Waals surface area contributed by atoms with Gasteiger partial charge in [-0.25, -0.2) is 4.79 Å². The van der Waals surface area contributed by atoms with E-state index in [-0.39, 0.29) is 27.9 Å². The summed E-state index contributed by atoms with van der Waals surface area (Å²) in [5.74, 6) is -4.11. The number of aliphatic hydroxyl groups is 3. The minimum Gasteiger partial charge on any atom is -0.478 e. The maximum atomic E-state index is 14.0. The number of carbonyl (C=O) groups excluding carboxylic acids is 3. The number of hydrogen-bond acceptors (Lipinski definition) is 10. The summed E-state index contributed by atoms with van der Waals surface area (Å²) in [5.41, 5.74) is -1.63. The quantitative estimate of drug-likeness (QED) is 0.421. The van der Waals surface area contributed by atoms with E-state index in [1.807, 2.05) is 6.92 Å². The van der Waals surface area contributed by atoms with Gasteiger partial charge in [-0.3, -0.25) is 14.4 Å². The summed E-state index contributed by atoms with van der Waals surface area (Å²) in [6.07, 6.45) is -2.62. The molecule has 11 nitrogen and oxygen atoms in total. The first kappa shape index (κ1) is 27.0. The van der Waals surface area contributed by atoms with Crippen molar-refractivity contribution in [1.82, 2.24) is 0 Å². The zero-order valence-electron chi connectivity index (χ0n) is 22.4. The highest BCUT2D eigenvalue weighted by Crippen LogP contribution is 2.50. The number of ether oxygens (including phenoxy) is 2. The van der Waals surface area contributed by atoms with Crippen LogP contribution in [0.1, 0.15) is 44.0 Å². The van der Waals surface area contributed by atoms with Gasteiger partial charge in [-0.2, -0.15) is 0 Å². The second-order valence-electron chi connectivity index (χ2n) is 10.6. The van der Waals surface area contributed by atoms with Crippen LogP contribution in [0.4, 0.5) is 5.69 Å². The number of carboxylic acids is 1. The van der Waals surface area contributed by atoms with Gasteiger partial charge in [0, 0.05) is 28.1 Å². The largest absolute Gasteiger partial charge is 0.478 e. The van der Waals surface area contributed by atoms with Gasteiger partial charge in [-0.1, -0.05) is 25.5 Å². The maximum absolute atomic E-state index is 14.0. The molecule has 3 aliphatic heterocycles. The molecule has 0 bridgehead atoms. The molecule has 6 rings (SSSR count). The number of aliphatic hydroxyl groups excluding tert-OH is 2. The summed E-state index contributed by atoms with van der Waals surface area (Å²) in [7, 11) is 0. The van der Waals surface area contributed by atoms with Crippen LogP contribution < -0.4 is 4.90 Å². The minimum atomic E-state index is -2.54. The van der Waals surface area contributed by atoms with E-state index in [1.54, 1.807) is 36.1 Å². The van der Waals surface area contributed by atoms with Crippen LogP contribution in [0.2, 0.25) is 0 Å². The number of carbonyl (C=O) groups is 4. The molecule has 212 valence electrons. The normalized spacial score (nSPS) is 30.9. The molecule has 0 aromatic heterocycles. The van der Waals surface area contributed by atoms with E-state index in [2.05, 4.69) is 0 Å². The number of para-hydroxylation sites is 1. The number of carboxylic acid groups (broad SMARTS) is 1. The fraction of sp³-hybridized carbons (Fsp3) is 0.333. The Morgan fingerprint density at radius 1 is 1.07 bits per heavy atom. The van der Waals surface area contributed by atoms with Crippen molar-refractivity contribution in [3.63, 3.8) is 0 Å². The fourth-order valence-corrected chi connectivity index (χ4v) is 6.27. The molecule has 1 aromatic rings. The second-order valence-corrected chi connectivity index (χ2v) is 10.6. The molecule has 41 heavy (non-hydrogen) atoms. The lowest BCUT2D eigenvalue weighted by Gasteiger charge is -2.43. The van der Waals surface area contributed by atoms with Crippen molar-refractivity contribution in [3.05, 3.63) is 87.0 Å². The number of Topliss-reactive ketones (excluding diaryl/α,β-unsaturated/α-hetero) is 2. The number of aromatic carboxylic acids is 1. The molecule has 0 amide bonds. The molecule has 0 unspecified atom stereocenters. The average molecular weight is 562 g/mol. The molecule has 3 heterocycles. The number of fused-ring (bicyclic) bond motifs is 4. The first-order chi connectivity index (χ1) is 19.4. The highest BCUT2D eigenvalue weighted by atomic mass is 16.7. The molecule has 0 saturated carbocycles. The van der Waals surface area contributed by atoms with E-state index < -0.39 is 64.9 Å². The summed E-state index contributed by atoms with van der Waals surface area (Å²) in [6, 6.07) is 6.38. The van der Waals surface area contributed by atoms with Crippen LogP contribution in [0.25, 0.3) is 0 Å². The third-order valence-corrected chi connectivity index (χ3v) is 8.17. The zero-order valence-corrected chi connectivity index (χ0v) is 22.4. The van der Waals surface area contributed by atoms with Gasteiger partial charge in [0.1, 0.15) is 12.2 Å². The summed E-state index contributed by atoms with van der Waals surface area (Å²) in [5, 5.41) is 42.4. The molecule has 5 atom stereocenters. The van der Waals surface area contributed by atoms with E-state index in [9.17, 15) is 39.6 Å². The predicted octanol–water partition coefficient (Wildman–Crippen LogP) is 1.60. The lowest BCUT2D eigenvalue weighted by molar-refractivity contribution is -0.299. The van der Waals surface area contributed by atoms with Crippen LogP contribution in [-0.4, -0.2) is 73.9 Å². The van der Waals surface area contributed by atoms with Gasteiger partial charge in [0.2, 0.25) is 12.1 Å². The number of benzene rings is 1. The van der Waals surface area contributed by atoms with Crippen LogP contribution in [-0.2, 0) is 23.9 Å². The molecule has 0 spiro atoms. The first-order valence-electron chi connectivity index (χ1n) is 13.2. The van der Waals surface area contributed by atoms with Gasteiger partial charge >= 0.3 is 5.97 Å². The Kier molecular flexibility index (Phi) is 6.05. The lowest BCUT2D eigenvalue weighted by Crippen LogP contribution is -2.65. The smallest absolute Gasteiger partial charge is 0.337 e. The molecule has 5 aliphatic rings. The topological polar surface area (TPSA) is 171 Å². The Bertz CT molecular complexity index is 1620. The van der Waals surface area contributed by atoms with Gasteiger partial charge in [0.15, 0.2) is 22.9 Å². The van der Waals surface area contributed by atoms with Crippen LogP contribution in [0.15, 0.2) is 81.4 Å². The van der Waals surface area contributed by atoms with E-state index in [0.717, 1.165) is 6.08 Å². The number of ketones is 3. The Morgan fingerprint density at radius 2 is 1.78 bits per heavy atom. The molecule has 1 saturated heterocycles. The number of nitrogens with zero attached hydrogens (tertiary/aromatic N) is 1. The van der Waals surface area contributed by atoms with Crippen LogP contribution in [0.3, 0.4) is 0 Å². The van der Waals surface area contributed by atoms with Crippen molar-refractivity contribution in [2.45, 2.75) is 63.8 Å². The summed E-state index contributed by atoms with van der Waals surface area (Å²) in [6.45, 7) is 5.06. The Labute approximate surface area is 234 Å². The van der Waals surface area contributed by atoms with Crippen LogP contribution in [0.5, 0.6) is 0 Å². The van der Waals surface area contributed by atoms with Gasteiger partial charge in [0.05, 0.1) is 28.5 Å². The monoisotopic (exact) mass is 561 g/mol. The maximum Gasteiger partial charge on any atom is 0.337 e. The predicted molar refractivity (Wildman–Crippen MR) is 141 cm³/mol. The Balaban J connectivity index is 1.56. The summed E-state index contributed by atoms with van der Waals surface area (Å²) < 4.78 is 11.2. The van der Waals surface area contributed by atoms with Gasteiger partial charge in [-0.05, 0) is 44.6 Å². The molecule has 0 radical (unpaired) electrons. The number of hydrogen-bond donors (Lipinski definition) is 4. The van der Waals surface area contributed by atoms with Gasteiger partial charge < -0.3 is 34.8 Å². The third-order valence-electron chi connectivity index (χ3n) is 8.17. The van der Waals surface area contributed by atoms with Gasteiger partial charge in [0.25, 0.3) is 0 Å². The number of anilines is 1. The molecule has 1 aromatic carbocycles. The van der Waals surface area contributed by atoms with E-state index in [1.165, 1.54) is 13.0 Å². The SMILES string of the molecule is CCCC1=C2C(=O)C3=CC(=O)C4=C(O[C@H]5O[C@@H](C)[C@@H](O)[C@@H](O)[C@@]45O)C(=O)C3=C2C=C(C)N1c1ccccc1C(=O)O. The molecular formula is C30H27NO10. The van der Waals surface area contributed by atoms with E-state index in [0.29, 0.717) is 29.9 Å². The van der Waals surface area contributed by atoms with Crippen molar-refractivity contribution >= 4 is 29.0 Å². The molecular weight excluding hydrogens is 534 g/mol. The highest BCUT2D eigenvalue weighted by molar-refractivity contribution is 6.34. The summed E-state index contributed by atoms with van der Waals surface area (Å²) >= 11 is 0. The molecule has 11 heteroatoms. The van der Waals surface area contributed by atoms with Crippen LogP contribution >= 0.6 is 0 Å². The van der Waals surface area contributed by atoms with Gasteiger partial charge in [-0.15, -0.1) is 0 Å². The van der Waals surface area contributed by atoms with Crippen molar-refractivity contribution < 1.29 is 49.1 Å². The molecule has 1 fully saturated rings. The van der Waals surface area contributed by atoms with E-state index >= 15 is 0 Å². The van der Waals surface area contributed by atoms with E-state index in [4.69, 9.17) is 9.47 Å². The molecule has 4 N–H and O–H groups in total. The Hall–Kier alpha value is -4.16. The van der Waals surface area contributed by atoms with Crippen molar-refractivity contribution in [2.24, 2.45) is 0 Å². The average Bonchev–Trinajstić information content (AvgIpc) is 3.34. The number of allylic oxidation sites excluding steroid dienone is 8. The summed E-state index contributed by atoms with van der Waals surface area (Å²) in [4.78, 5) is 55.3. The highest BCUT2D eigenvalue weighted by Gasteiger charge is 2.65. The standard InChI is InChI=1S/C30H27NO10/c1-4-7-18-21-15(10-12(2)31(18)17-9-6-5-8-14(17)28(37)38)20-16(24(21)34)11-19(32)22-26(25(20)35)41-29-30(22,39)27(36)23(33)13(3)40-29/h5-6,8-11,13,23,27,29,33,36,39H,4,7H2,1-3H3,(H,37,38)/t13-,23+,27+,29+,30-/m0/s1. The number of rotatable bonds is 4. The van der Waals surface area contributed by atoms with Crippen LogP contribution in [0, 0.1) is 0 Å². The van der Waals surface area contributed by atoms with Crippen molar-refractivity contribution in [3.8, 4) is 0 Å².